The summed E-state index contributed by atoms with van der Waals surface area (Å²) in [5, 5.41) is 0. The SMILES string of the molecule is CC(C=O)C1CC2C3CCC(C3)C2C1. The third-order valence-electron chi connectivity index (χ3n) is 5.38. The molecule has 3 aliphatic rings. The second kappa shape index (κ2) is 3.08. The van der Waals surface area contributed by atoms with Gasteiger partial charge in [0.1, 0.15) is 6.29 Å². The van der Waals surface area contributed by atoms with Gasteiger partial charge in [-0.3, -0.25) is 0 Å². The Morgan fingerprint density at radius 1 is 1.07 bits per heavy atom. The molecule has 0 N–H and O–H groups in total. The fourth-order valence-electron chi connectivity index (χ4n) is 4.60. The summed E-state index contributed by atoms with van der Waals surface area (Å²) in [7, 11) is 0. The summed E-state index contributed by atoms with van der Waals surface area (Å²) in [6, 6.07) is 0. The van der Waals surface area contributed by atoms with Gasteiger partial charge in [-0.2, -0.15) is 0 Å². The zero-order chi connectivity index (χ0) is 9.71. The number of hydrogen-bond acceptors (Lipinski definition) is 1. The van der Waals surface area contributed by atoms with Crippen LogP contribution in [0, 0.1) is 35.5 Å². The normalized spacial score (nSPS) is 51.9. The Hall–Kier alpha value is -0.330. The van der Waals surface area contributed by atoms with Gasteiger partial charge in [-0.1, -0.05) is 6.92 Å². The molecule has 5 unspecified atom stereocenters. The van der Waals surface area contributed by atoms with Crippen LogP contribution in [0.15, 0.2) is 0 Å². The fraction of sp³-hybridized carbons (Fsp3) is 0.923. The third kappa shape index (κ3) is 1.11. The lowest BCUT2D eigenvalue weighted by atomic mass is 9.82. The minimum absolute atomic E-state index is 0.319. The van der Waals surface area contributed by atoms with Crippen molar-refractivity contribution in [3.05, 3.63) is 0 Å². The maximum atomic E-state index is 10.8. The van der Waals surface area contributed by atoms with Crippen molar-refractivity contribution in [2.75, 3.05) is 0 Å². The van der Waals surface area contributed by atoms with Gasteiger partial charge in [0.25, 0.3) is 0 Å². The summed E-state index contributed by atoms with van der Waals surface area (Å²) in [6.07, 6.45) is 8.42. The number of carbonyl (C=O) groups excluding carboxylic acids is 1. The predicted octanol–water partition coefficient (Wildman–Crippen LogP) is 2.89. The second-order valence-corrected chi connectivity index (χ2v) is 5.89. The Morgan fingerprint density at radius 2 is 1.64 bits per heavy atom. The average Bonchev–Trinajstić information content (AvgIpc) is 2.87. The Kier molecular flexibility index (Phi) is 1.97. The van der Waals surface area contributed by atoms with Gasteiger partial charge >= 0.3 is 0 Å². The number of hydrogen-bond donors (Lipinski definition) is 0. The van der Waals surface area contributed by atoms with E-state index in [4.69, 9.17) is 0 Å². The van der Waals surface area contributed by atoms with E-state index in [1.54, 1.807) is 0 Å². The molecule has 3 saturated carbocycles. The van der Waals surface area contributed by atoms with E-state index in [2.05, 4.69) is 6.92 Å². The molecule has 0 heterocycles. The molecule has 14 heavy (non-hydrogen) atoms. The van der Waals surface area contributed by atoms with Crippen LogP contribution in [0.25, 0.3) is 0 Å². The van der Waals surface area contributed by atoms with Crippen molar-refractivity contribution in [3.63, 3.8) is 0 Å². The van der Waals surface area contributed by atoms with E-state index < -0.39 is 0 Å². The van der Waals surface area contributed by atoms with Gasteiger partial charge in [-0.15, -0.1) is 0 Å². The van der Waals surface area contributed by atoms with E-state index in [0.717, 1.165) is 29.6 Å². The zero-order valence-corrected chi connectivity index (χ0v) is 8.99. The van der Waals surface area contributed by atoms with Gasteiger partial charge in [0.05, 0.1) is 0 Å². The van der Waals surface area contributed by atoms with E-state index in [0.29, 0.717) is 5.92 Å². The molecule has 3 rings (SSSR count). The van der Waals surface area contributed by atoms with Crippen LogP contribution in [0.3, 0.4) is 0 Å². The molecule has 2 bridgehead atoms. The van der Waals surface area contributed by atoms with Crippen LogP contribution < -0.4 is 0 Å². The lowest BCUT2D eigenvalue weighted by Crippen LogP contribution is -2.15. The first-order valence-corrected chi connectivity index (χ1v) is 6.25. The molecule has 0 aliphatic heterocycles. The maximum absolute atomic E-state index is 10.8. The highest BCUT2D eigenvalue weighted by molar-refractivity contribution is 5.53. The van der Waals surface area contributed by atoms with Crippen molar-refractivity contribution in [2.45, 2.75) is 39.0 Å². The summed E-state index contributed by atoms with van der Waals surface area (Å²) in [4.78, 5) is 10.8. The molecule has 0 radical (unpaired) electrons. The van der Waals surface area contributed by atoms with Crippen LogP contribution in [0.4, 0.5) is 0 Å². The van der Waals surface area contributed by atoms with Crippen LogP contribution in [-0.2, 0) is 4.79 Å². The van der Waals surface area contributed by atoms with Gasteiger partial charge in [-0.05, 0) is 61.7 Å². The molecule has 3 aliphatic carbocycles. The van der Waals surface area contributed by atoms with Crippen LogP contribution >= 0.6 is 0 Å². The smallest absolute Gasteiger partial charge is 0.123 e. The van der Waals surface area contributed by atoms with Crippen molar-refractivity contribution in [1.82, 2.24) is 0 Å². The minimum Gasteiger partial charge on any atom is -0.303 e. The maximum Gasteiger partial charge on any atom is 0.123 e. The number of fused-ring (bicyclic) bond motifs is 5. The molecule has 5 atom stereocenters. The highest BCUT2D eigenvalue weighted by Gasteiger charge is 2.52. The van der Waals surface area contributed by atoms with Crippen LogP contribution in [0.1, 0.15) is 39.0 Å². The molecule has 1 heteroatoms. The van der Waals surface area contributed by atoms with E-state index >= 15 is 0 Å². The lowest BCUT2D eigenvalue weighted by molar-refractivity contribution is -0.112. The number of carbonyl (C=O) groups is 1. The molecular weight excluding hydrogens is 172 g/mol. The monoisotopic (exact) mass is 192 g/mol. The topological polar surface area (TPSA) is 17.1 Å². The molecule has 3 fully saturated rings. The molecule has 0 saturated heterocycles. The van der Waals surface area contributed by atoms with Crippen LogP contribution in [-0.4, -0.2) is 6.29 Å². The molecular formula is C13H20O. The Balaban J connectivity index is 1.73. The number of aldehydes is 1. The first-order valence-electron chi connectivity index (χ1n) is 6.25. The summed E-state index contributed by atoms with van der Waals surface area (Å²) in [5.74, 6) is 5.18. The van der Waals surface area contributed by atoms with E-state index in [9.17, 15) is 4.79 Å². The van der Waals surface area contributed by atoms with Crippen molar-refractivity contribution in [3.8, 4) is 0 Å². The summed E-state index contributed by atoms with van der Waals surface area (Å²) in [6.45, 7) is 2.11. The minimum atomic E-state index is 0.319. The fourth-order valence-corrected chi connectivity index (χ4v) is 4.60. The Labute approximate surface area is 86.3 Å². The van der Waals surface area contributed by atoms with Gasteiger partial charge in [0.2, 0.25) is 0 Å². The van der Waals surface area contributed by atoms with Gasteiger partial charge < -0.3 is 4.79 Å². The molecule has 0 aromatic rings. The largest absolute Gasteiger partial charge is 0.303 e. The summed E-state index contributed by atoms with van der Waals surface area (Å²) < 4.78 is 0. The van der Waals surface area contributed by atoms with Crippen LogP contribution in [0.5, 0.6) is 0 Å². The third-order valence-corrected chi connectivity index (χ3v) is 5.38. The van der Waals surface area contributed by atoms with Crippen molar-refractivity contribution in [2.24, 2.45) is 35.5 Å². The molecule has 0 aromatic carbocycles. The molecule has 0 spiro atoms. The van der Waals surface area contributed by atoms with E-state index in [-0.39, 0.29) is 0 Å². The molecule has 78 valence electrons. The lowest BCUT2D eigenvalue weighted by Gasteiger charge is -2.23. The second-order valence-electron chi connectivity index (χ2n) is 5.89. The van der Waals surface area contributed by atoms with Gasteiger partial charge in [-0.25, -0.2) is 0 Å². The Morgan fingerprint density at radius 3 is 2.14 bits per heavy atom. The molecule has 1 nitrogen and oxygen atoms in total. The van der Waals surface area contributed by atoms with Gasteiger partial charge in [0.15, 0.2) is 0 Å². The summed E-state index contributed by atoms with van der Waals surface area (Å²) in [5.41, 5.74) is 0. The van der Waals surface area contributed by atoms with Crippen molar-refractivity contribution in [1.29, 1.82) is 0 Å². The number of rotatable bonds is 2. The standard InChI is InChI=1S/C13H20O/c1-8(7-14)11-5-12-9-2-3-10(4-9)13(12)6-11/h7-13H,2-6H2,1H3. The first-order chi connectivity index (χ1) is 6.79. The zero-order valence-electron chi connectivity index (χ0n) is 8.99. The predicted molar refractivity (Wildman–Crippen MR) is 55.8 cm³/mol. The van der Waals surface area contributed by atoms with E-state index in [1.165, 1.54) is 38.4 Å². The average molecular weight is 192 g/mol. The molecule has 0 aromatic heterocycles. The van der Waals surface area contributed by atoms with Crippen molar-refractivity contribution >= 4 is 6.29 Å². The highest BCUT2D eigenvalue weighted by atomic mass is 16.1. The van der Waals surface area contributed by atoms with Crippen LogP contribution in [0.2, 0.25) is 0 Å². The van der Waals surface area contributed by atoms with Gasteiger partial charge in [0, 0.05) is 5.92 Å². The summed E-state index contributed by atoms with van der Waals surface area (Å²) >= 11 is 0. The first kappa shape index (κ1) is 8.94. The van der Waals surface area contributed by atoms with Crippen molar-refractivity contribution < 1.29 is 4.79 Å². The highest BCUT2D eigenvalue weighted by Crippen LogP contribution is 2.60. The van der Waals surface area contributed by atoms with E-state index in [1.807, 2.05) is 0 Å². The Bertz CT molecular complexity index is 230. The quantitative estimate of drug-likeness (QED) is 0.615. The molecule has 0 amide bonds.